The van der Waals surface area contributed by atoms with E-state index in [1.807, 2.05) is 0 Å². The number of aromatic nitrogens is 4. The zero-order valence-electron chi connectivity index (χ0n) is 6.90. The summed E-state index contributed by atoms with van der Waals surface area (Å²) in [5, 5.41) is 11.2. The van der Waals surface area contributed by atoms with Crippen LogP contribution in [0.1, 0.15) is 31.6 Å². The third-order valence-corrected chi connectivity index (χ3v) is 2.20. The minimum absolute atomic E-state index is 0.122. The summed E-state index contributed by atoms with van der Waals surface area (Å²) in [6.45, 7) is 1.58. The highest BCUT2D eigenvalue weighted by molar-refractivity contribution is 5.79. The Morgan fingerprint density at radius 2 is 2.50 bits per heavy atom. The zero-order valence-corrected chi connectivity index (χ0v) is 6.90. The lowest BCUT2D eigenvalue weighted by molar-refractivity contribution is -0.120. The fraction of sp³-hybridized carbons (Fsp3) is 0.714. The van der Waals surface area contributed by atoms with Crippen LogP contribution in [0.4, 0.5) is 0 Å². The van der Waals surface area contributed by atoms with Gasteiger partial charge in [0.25, 0.3) is 0 Å². The number of aryl methyl sites for hydroxylation is 1. The smallest absolute Gasteiger partial charge is 0.154 e. The van der Waals surface area contributed by atoms with E-state index in [0.717, 1.165) is 25.1 Å². The predicted octanol–water partition coefficient (Wildman–Crippen LogP) is 0.139. The van der Waals surface area contributed by atoms with Crippen molar-refractivity contribution < 1.29 is 4.79 Å². The average Bonchev–Trinajstić information content (AvgIpc) is 2.49. The number of hydrogen-bond donors (Lipinski definition) is 0. The molecule has 0 aromatic carbocycles. The van der Waals surface area contributed by atoms with Crippen LogP contribution < -0.4 is 0 Å². The molecule has 0 fully saturated rings. The van der Waals surface area contributed by atoms with Gasteiger partial charge in [0.2, 0.25) is 0 Å². The Balaban J connectivity index is 2.37. The van der Waals surface area contributed by atoms with E-state index in [9.17, 15) is 4.79 Å². The third kappa shape index (κ3) is 1.01. The number of hydrogen-bond acceptors (Lipinski definition) is 4. The molecule has 1 aromatic rings. The molecule has 1 atom stereocenters. The summed E-state index contributed by atoms with van der Waals surface area (Å²) in [6, 6.07) is -0.122. The highest BCUT2D eigenvalue weighted by Gasteiger charge is 2.25. The van der Waals surface area contributed by atoms with Gasteiger partial charge in [0.1, 0.15) is 6.04 Å². The molecule has 0 amide bonds. The minimum atomic E-state index is -0.122. The van der Waals surface area contributed by atoms with Crippen LogP contribution in [0.25, 0.3) is 0 Å². The van der Waals surface area contributed by atoms with E-state index >= 15 is 0 Å². The summed E-state index contributed by atoms with van der Waals surface area (Å²) >= 11 is 0. The number of fused-ring (bicyclic) bond motifs is 1. The number of tetrazole rings is 1. The van der Waals surface area contributed by atoms with E-state index in [2.05, 4.69) is 15.5 Å². The van der Waals surface area contributed by atoms with Gasteiger partial charge in [-0.2, -0.15) is 0 Å². The first-order chi connectivity index (χ1) is 5.79. The van der Waals surface area contributed by atoms with Crippen molar-refractivity contribution in [3.8, 4) is 0 Å². The molecule has 1 unspecified atom stereocenters. The number of carbonyl (C=O) groups excluding carboxylic acids is 1. The molecule has 0 saturated heterocycles. The Hall–Kier alpha value is -1.26. The quantitative estimate of drug-likeness (QED) is 0.595. The van der Waals surface area contributed by atoms with E-state index in [4.69, 9.17) is 0 Å². The fourth-order valence-corrected chi connectivity index (χ4v) is 1.57. The van der Waals surface area contributed by atoms with Crippen LogP contribution in [-0.2, 0) is 11.2 Å². The maximum atomic E-state index is 11.1. The van der Waals surface area contributed by atoms with E-state index < -0.39 is 0 Å². The van der Waals surface area contributed by atoms with Crippen molar-refractivity contribution in [2.75, 3.05) is 0 Å². The first kappa shape index (κ1) is 7.39. The Morgan fingerprint density at radius 3 is 3.25 bits per heavy atom. The molecule has 2 rings (SSSR count). The molecule has 0 N–H and O–H groups in total. The molecule has 0 spiro atoms. The highest BCUT2D eigenvalue weighted by Crippen LogP contribution is 2.21. The van der Waals surface area contributed by atoms with E-state index in [-0.39, 0.29) is 11.8 Å². The maximum absolute atomic E-state index is 11.1. The second kappa shape index (κ2) is 2.66. The summed E-state index contributed by atoms with van der Waals surface area (Å²) in [7, 11) is 0. The highest BCUT2D eigenvalue weighted by atomic mass is 16.1. The van der Waals surface area contributed by atoms with Crippen LogP contribution in [0.3, 0.4) is 0 Å². The normalized spacial score (nSPS) is 21.9. The molecule has 5 heteroatoms. The summed E-state index contributed by atoms with van der Waals surface area (Å²) in [5.74, 6) is 0.977. The Morgan fingerprint density at radius 1 is 1.67 bits per heavy atom. The molecule has 0 aliphatic carbocycles. The lowest BCUT2D eigenvalue weighted by Gasteiger charge is -2.19. The first-order valence-electron chi connectivity index (χ1n) is 4.06. The SMILES string of the molecule is CC(=O)C1CCCc2nnnn21. The summed E-state index contributed by atoms with van der Waals surface area (Å²) in [5.41, 5.74) is 0. The molecule has 1 aromatic heterocycles. The van der Waals surface area contributed by atoms with Crippen LogP contribution in [0.5, 0.6) is 0 Å². The molecule has 0 bridgehead atoms. The molecule has 0 radical (unpaired) electrons. The largest absolute Gasteiger partial charge is 0.298 e. The van der Waals surface area contributed by atoms with Gasteiger partial charge in [-0.05, 0) is 30.2 Å². The van der Waals surface area contributed by atoms with Gasteiger partial charge in [-0.1, -0.05) is 0 Å². The van der Waals surface area contributed by atoms with Crippen molar-refractivity contribution in [3.05, 3.63) is 5.82 Å². The van der Waals surface area contributed by atoms with E-state index in [0.29, 0.717) is 0 Å². The van der Waals surface area contributed by atoms with Crippen molar-refractivity contribution in [1.29, 1.82) is 0 Å². The lowest BCUT2D eigenvalue weighted by Crippen LogP contribution is -2.24. The summed E-state index contributed by atoms with van der Waals surface area (Å²) in [4.78, 5) is 11.1. The van der Waals surface area contributed by atoms with Gasteiger partial charge in [-0.25, -0.2) is 4.68 Å². The van der Waals surface area contributed by atoms with E-state index in [1.165, 1.54) is 0 Å². The van der Waals surface area contributed by atoms with Crippen molar-refractivity contribution in [3.63, 3.8) is 0 Å². The van der Waals surface area contributed by atoms with Gasteiger partial charge in [0.05, 0.1) is 0 Å². The fourth-order valence-electron chi connectivity index (χ4n) is 1.57. The number of carbonyl (C=O) groups is 1. The average molecular weight is 166 g/mol. The van der Waals surface area contributed by atoms with Crippen molar-refractivity contribution in [1.82, 2.24) is 20.2 Å². The van der Waals surface area contributed by atoms with Crippen LogP contribution in [0.15, 0.2) is 0 Å². The first-order valence-corrected chi connectivity index (χ1v) is 4.06. The predicted molar refractivity (Wildman–Crippen MR) is 40.5 cm³/mol. The molecule has 1 aliphatic heterocycles. The van der Waals surface area contributed by atoms with Gasteiger partial charge < -0.3 is 0 Å². The van der Waals surface area contributed by atoms with Crippen LogP contribution in [0, 0.1) is 0 Å². The van der Waals surface area contributed by atoms with Crippen molar-refractivity contribution in [2.45, 2.75) is 32.2 Å². The number of rotatable bonds is 1. The summed E-state index contributed by atoms with van der Waals surface area (Å²) < 4.78 is 1.64. The van der Waals surface area contributed by atoms with Crippen LogP contribution >= 0.6 is 0 Å². The molecular weight excluding hydrogens is 156 g/mol. The number of nitrogens with zero attached hydrogens (tertiary/aromatic N) is 4. The second-order valence-corrected chi connectivity index (χ2v) is 3.06. The molecule has 64 valence electrons. The Bertz CT molecular complexity index is 306. The van der Waals surface area contributed by atoms with Gasteiger partial charge >= 0.3 is 0 Å². The van der Waals surface area contributed by atoms with Gasteiger partial charge in [-0.3, -0.25) is 4.79 Å². The van der Waals surface area contributed by atoms with E-state index in [1.54, 1.807) is 11.6 Å². The third-order valence-electron chi connectivity index (χ3n) is 2.20. The molecule has 5 nitrogen and oxygen atoms in total. The molecule has 12 heavy (non-hydrogen) atoms. The molecule has 2 heterocycles. The van der Waals surface area contributed by atoms with Gasteiger partial charge in [0.15, 0.2) is 11.6 Å². The standard InChI is InChI=1S/C7H10N4O/c1-5(12)6-3-2-4-7-8-9-10-11(6)7/h6H,2-4H2,1H3. The van der Waals surface area contributed by atoms with Gasteiger partial charge in [-0.15, -0.1) is 5.10 Å². The van der Waals surface area contributed by atoms with Crippen molar-refractivity contribution in [2.24, 2.45) is 0 Å². The number of Topliss-reactive ketones (excluding diaryl/α,β-unsaturated/α-hetero) is 1. The van der Waals surface area contributed by atoms with Gasteiger partial charge in [0, 0.05) is 6.42 Å². The van der Waals surface area contributed by atoms with Crippen molar-refractivity contribution >= 4 is 5.78 Å². The Kier molecular flexibility index (Phi) is 1.64. The zero-order chi connectivity index (χ0) is 8.55. The Labute approximate surface area is 69.8 Å². The molecular formula is C7H10N4O. The molecule has 1 aliphatic rings. The summed E-state index contributed by atoms with van der Waals surface area (Å²) in [6.07, 6.45) is 2.76. The second-order valence-electron chi connectivity index (χ2n) is 3.06. The topological polar surface area (TPSA) is 60.7 Å². The van der Waals surface area contributed by atoms with Crippen LogP contribution in [0.2, 0.25) is 0 Å². The minimum Gasteiger partial charge on any atom is -0.298 e. The monoisotopic (exact) mass is 166 g/mol. The molecule has 0 saturated carbocycles. The van der Waals surface area contributed by atoms with Crippen LogP contribution in [-0.4, -0.2) is 26.0 Å². The number of ketones is 1. The lowest BCUT2D eigenvalue weighted by atomic mass is 10.0. The maximum Gasteiger partial charge on any atom is 0.154 e.